The highest BCUT2D eigenvalue weighted by molar-refractivity contribution is 6.64. The Kier molecular flexibility index (Phi) is 2.93. The Morgan fingerprint density at radius 2 is 1.23 bits per heavy atom. The molecular formula is C5H3ClF6O. The first-order valence-electron chi connectivity index (χ1n) is 2.78. The Morgan fingerprint density at radius 1 is 1.00 bits per heavy atom. The lowest BCUT2D eigenvalue weighted by atomic mass is 9.91. The van der Waals surface area contributed by atoms with Crippen LogP contribution in [0.5, 0.6) is 0 Å². The minimum atomic E-state index is -5.75. The largest absolute Gasteiger partial charge is 0.411 e. The van der Waals surface area contributed by atoms with Gasteiger partial charge in [0.05, 0.1) is 0 Å². The van der Waals surface area contributed by atoms with Crippen LogP contribution in [0.25, 0.3) is 0 Å². The van der Waals surface area contributed by atoms with Crippen LogP contribution in [0.2, 0.25) is 0 Å². The van der Waals surface area contributed by atoms with Gasteiger partial charge in [0.15, 0.2) is 0 Å². The molecule has 0 atom stereocenters. The topological polar surface area (TPSA) is 17.1 Å². The van der Waals surface area contributed by atoms with Crippen molar-refractivity contribution in [3.63, 3.8) is 0 Å². The van der Waals surface area contributed by atoms with E-state index in [0.29, 0.717) is 0 Å². The third kappa shape index (κ3) is 1.90. The zero-order chi connectivity index (χ0) is 11.1. The van der Waals surface area contributed by atoms with E-state index in [-0.39, 0.29) is 6.92 Å². The predicted molar refractivity (Wildman–Crippen MR) is 31.1 cm³/mol. The Balaban J connectivity index is 5.35. The van der Waals surface area contributed by atoms with E-state index in [0.717, 1.165) is 0 Å². The molecule has 13 heavy (non-hydrogen) atoms. The fourth-order valence-corrected chi connectivity index (χ4v) is 0.598. The van der Waals surface area contributed by atoms with Crippen molar-refractivity contribution >= 4 is 16.8 Å². The van der Waals surface area contributed by atoms with Crippen LogP contribution in [-0.4, -0.2) is 17.6 Å². The summed E-state index contributed by atoms with van der Waals surface area (Å²) in [7, 11) is 0. The number of hydrogen-bond acceptors (Lipinski definition) is 1. The van der Waals surface area contributed by atoms with Gasteiger partial charge in [0.2, 0.25) is 10.7 Å². The van der Waals surface area contributed by atoms with Gasteiger partial charge < -0.3 is 0 Å². The number of halogens is 7. The van der Waals surface area contributed by atoms with Crippen LogP contribution in [0.3, 0.4) is 0 Å². The molecule has 0 aliphatic heterocycles. The van der Waals surface area contributed by atoms with E-state index in [1.54, 1.807) is 0 Å². The standard InChI is InChI=1S/C5H3ClF6O/c1-3(2(6)13,4(7,8)9)5(10,11)12/h1H3. The van der Waals surface area contributed by atoms with Crippen LogP contribution in [0.1, 0.15) is 6.92 Å². The second-order valence-corrected chi connectivity index (χ2v) is 2.74. The lowest BCUT2D eigenvalue weighted by Gasteiger charge is -2.29. The molecule has 0 aliphatic carbocycles. The van der Waals surface area contributed by atoms with E-state index in [4.69, 9.17) is 0 Å². The maximum Gasteiger partial charge on any atom is 0.411 e. The van der Waals surface area contributed by atoms with Gasteiger partial charge >= 0.3 is 12.4 Å². The number of carbonyl (C=O) groups excluding carboxylic acids is 1. The molecule has 78 valence electrons. The second kappa shape index (κ2) is 3.04. The van der Waals surface area contributed by atoms with E-state index in [2.05, 4.69) is 11.6 Å². The Bertz CT molecular complexity index is 202. The molecule has 1 nitrogen and oxygen atoms in total. The quantitative estimate of drug-likeness (QED) is 0.498. The normalized spacial score (nSPS) is 14.5. The van der Waals surface area contributed by atoms with Crippen LogP contribution in [0.4, 0.5) is 26.3 Å². The van der Waals surface area contributed by atoms with Gasteiger partial charge in [-0.2, -0.15) is 26.3 Å². The molecule has 0 rings (SSSR count). The molecule has 0 bridgehead atoms. The summed E-state index contributed by atoms with van der Waals surface area (Å²) in [4.78, 5) is 10.1. The van der Waals surface area contributed by atoms with Crippen molar-refractivity contribution < 1.29 is 31.1 Å². The summed E-state index contributed by atoms with van der Waals surface area (Å²) >= 11 is 4.28. The molecule has 0 heterocycles. The molecule has 0 fully saturated rings. The number of hydrogen-bond donors (Lipinski definition) is 0. The van der Waals surface area contributed by atoms with Crippen molar-refractivity contribution in [2.45, 2.75) is 19.3 Å². The molecule has 0 radical (unpaired) electrons. The lowest BCUT2D eigenvalue weighted by Crippen LogP contribution is -2.51. The summed E-state index contributed by atoms with van der Waals surface area (Å²) in [6, 6.07) is 0. The molecule has 0 unspecified atom stereocenters. The van der Waals surface area contributed by atoms with Crippen molar-refractivity contribution in [2.24, 2.45) is 5.41 Å². The second-order valence-electron chi connectivity index (χ2n) is 2.39. The molecule has 8 heteroatoms. The maximum atomic E-state index is 11.8. The molecule has 0 saturated heterocycles. The summed E-state index contributed by atoms with van der Waals surface area (Å²) in [6.45, 7) is -0.303. The molecule has 0 aromatic rings. The zero-order valence-corrected chi connectivity index (χ0v) is 6.81. The summed E-state index contributed by atoms with van der Waals surface area (Å²) in [6.07, 6.45) is -11.5. The van der Waals surface area contributed by atoms with Crippen LogP contribution in [0, 0.1) is 5.41 Å². The van der Waals surface area contributed by atoms with Crippen molar-refractivity contribution in [2.75, 3.05) is 0 Å². The molecular weight excluding hydrogens is 225 g/mol. The van der Waals surface area contributed by atoms with Gasteiger partial charge in [-0.3, -0.25) is 4.79 Å². The summed E-state index contributed by atoms with van der Waals surface area (Å²) in [5.74, 6) is 0. The van der Waals surface area contributed by atoms with E-state index < -0.39 is 23.0 Å². The van der Waals surface area contributed by atoms with E-state index in [1.807, 2.05) is 0 Å². The third-order valence-electron chi connectivity index (χ3n) is 1.53. The van der Waals surface area contributed by atoms with E-state index in [1.165, 1.54) is 0 Å². The van der Waals surface area contributed by atoms with E-state index >= 15 is 0 Å². The van der Waals surface area contributed by atoms with Gasteiger partial charge in [-0.25, -0.2) is 0 Å². The third-order valence-corrected chi connectivity index (χ3v) is 1.90. The first kappa shape index (κ1) is 12.5. The zero-order valence-electron chi connectivity index (χ0n) is 6.05. The van der Waals surface area contributed by atoms with E-state index in [9.17, 15) is 31.1 Å². The van der Waals surface area contributed by atoms with Gasteiger partial charge in [-0.1, -0.05) is 0 Å². The van der Waals surface area contributed by atoms with Crippen LogP contribution in [0.15, 0.2) is 0 Å². The Morgan fingerprint density at radius 3 is 1.23 bits per heavy atom. The average molecular weight is 229 g/mol. The number of rotatable bonds is 1. The minimum Gasteiger partial charge on any atom is -0.280 e. The smallest absolute Gasteiger partial charge is 0.280 e. The molecule has 0 N–H and O–H groups in total. The fraction of sp³-hybridized carbons (Fsp3) is 0.800. The van der Waals surface area contributed by atoms with Crippen molar-refractivity contribution in [1.82, 2.24) is 0 Å². The van der Waals surface area contributed by atoms with Gasteiger partial charge in [-0.05, 0) is 18.5 Å². The van der Waals surface area contributed by atoms with Crippen molar-refractivity contribution in [3.8, 4) is 0 Å². The monoisotopic (exact) mass is 228 g/mol. The summed E-state index contributed by atoms with van der Waals surface area (Å²) in [5, 5.41) is -2.49. The average Bonchev–Trinajstić information content (AvgIpc) is 1.80. The summed E-state index contributed by atoms with van der Waals surface area (Å²) in [5.41, 5.74) is -4.50. The van der Waals surface area contributed by atoms with Crippen molar-refractivity contribution in [1.29, 1.82) is 0 Å². The Labute approximate surface area is 73.7 Å². The van der Waals surface area contributed by atoms with Crippen LogP contribution >= 0.6 is 11.6 Å². The van der Waals surface area contributed by atoms with Gasteiger partial charge in [0.1, 0.15) is 0 Å². The minimum absolute atomic E-state index is 0.303. The highest BCUT2D eigenvalue weighted by Gasteiger charge is 2.71. The van der Waals surface area contributed by atoms with Gasteiger partial charge in [-0.15, -0.1) is 0 Å². The maximum absolute atomic E-state index is 11.8. The predicted octanol–water partition coefficient (Wildman–Crippen LogP) is 2.88. The van der Waals surface area contributed by atoms with Gasteiger partial charge in [0, 0.05) is 0 Å². The number of alkyl halides is 6. The van der Waals surface area contributed by atoms with Gasteiger partial charge in [0.25, 0.3) is 0 Å². The fourth-order valence-electron chi connectivity index (χ4n) is 0.384. The van der Waals surface area contributed by atoms with Crippen molar-refractivity contribution in [3.05, 3.63) is 0 Å². The molecule has 0 aromatic carbocycles. The van der Waals surface area contributed by atoms with Crippen LogP contribution in [-0.2, 0) is 4.79 Å². The summed E-state index contributed by atoms with van der Waals surface area (Å²) < 4.78 is 71.0. The molecule has 0 spiro atoms. The van der Waals surface area contributed by atoms with Crippen LogP contribution < -0.4 is 0 Å². The number of carbonyl (C=O) groups is 1. The molecule has 0 amide bonds. The SMILES string of the molecule is CC(C(=O)Cl)(C(F)(F)F)C(F)(F)F. The lowest BCUT2D eigenvalue weighted by molar-refractivity contribution is -0.315. The molecule has 0 saturated carbocycles. The highest BCUT2D eigenvalue weighted by Crippen LogP contribution is 2.51. The molecule has 0 aliphatic rings. The Hall–Kier alpha value is -0.460. The molecule has 0 aromatic heterocycles. The first-order valence-corrected chi connectivity index (χ1v) is 3.15. The highest BCUT2D eigenvalue weighted by atomic mass is 35.5. The first-order chi connectivity index (χ1) is 5.44.